The van der Waals surface area contributed by atoms with E-state index < -0.39 is 6.10 Å². The van der Waals surface area contributed by atoms with E-state index in [2.05, 4.69) is 13.5 Å². The molecule has 1 atom stereocenters. The Labute approximate surface area is 68.3 Å². The van der Waals surface area contributed by atoms with Crippen LogP contribution in [-0.4, -0.2) is 29.5 Å². The van der Waals surface area contributed by atoms with Gasteiger partial charge in [-0.2, -0.15) is 0 Å². The van der Waals surface area contributed by atoms with Crippen LogP contribution in [0.5, 0.6) is 0 Å². The van der Waals surface area contributed by atoms with E-state index in [-0.39, 0.29) is 6.61 Å². The van der Waals surface area contributed by atoms with Crippen LogP contribution in [-0.2, 0) is 4.74 Å². The van der Waals surface area contributed by atoms with Crippen LogP contribution < -0.4 is 0 Å². The number of ether oxygens (including phenoxy) is 1. The zero-order chi connectivity index (χ0) is 9.11. The maximum Gasteiger partial charge on any atom is 0.0870 e. The van der Waals surface area contributed by atoms with Crippen molar-refractivity contribution in [2.45, 2.75) is 26.4 Å². The van der Waals surface area contributed by atoms with Gasteiger partial charge in [-0.15, -0.1) is 0 Å². The lowest BCUT2D eigenvalue weighted by Crippen LogP contribution is -2.03. The van der Waals surface area contributed by atoms with Crippen LogP contribution >= 0.6 is 0 Å². The van der Waals surface area contributed by atoms with Gasteiger partial charge in [0.15, 0.2) is 0 Å². The molecule has 0 saturated heterocycles. The monoisotopic (exact) mass is 162 g/mol. The van der Waals surface area contributed by atoms with E-state index in [9.17, 15) is 0 Å². The summed E-state index contributed by atoms with van der Waals surface area (Å²) < 4.78 is 4.75. The van der Waals surface area contributed by atoms with E-state index in [0.717, 1.165) is 13.0 Å². The van der Waals surface area contributed by atoms with E-state index in [1.165, 1.54) is 13.2 Å². The standard InChI is InChI=1S/C5H10O.C3H8O2/c1-3-5-6-4-2;1-3(5)2-4/h4H,2-3,5H2,1H3;3-5H,2H2,1H3. The summed E-state index contributed by atoms with van der Waals surface area (Å²) in [6.07, 6.45) is 1.96. The summed E-state index contributed by atoms with van der Waals surface area (Å²) in [6.45, 7) is 7.62. The summed E-state index contributed by atoms with van der Waals surface area (Å²) in [6, 6.07) is 0. The number of hydrogen-bond acceptors (Lipinski definition) is 3. The molecule has 3 heteroatoms. The lowest BCUT2D eigenvalue weighted by molar-refractivity contribution is 0.110. The first kappa shape index (κ1) is 13.1. The van der Waals surface area contributed by atoms with Gasteiger partial charge in [0, 0.05) is 0 Å². The van der Waals surface area contributed by atoms with Crippen molar-refractivity contribution >= 4 is 0 Å². The highest BCUT2D eigenvalue weighted by molar-refractivity contribution is 4.46. The van der Waals surface area contributed by atoms with Gasteiger partial charge in [0.2, 0.25) is 0 Å². The molecule has 0 rings (SSSR count). The van der Waals surface area contributed by atoms with E-state index in [0.29, 0.717) is 0 Å². The van der Waals surface area contributed by atoms with Gasteiger partial charge < -0.3 is 14.9 Å². The van der Waals surface area contributed by atoms with E-state index in [1.807, 2.05) is 0 Å². The molecule has 0 spiro atoms. The SMILES string of the molecule is C=COCCC.CC(O)CO. The molecule has 0 aromatic heterocycles. The second kappa shape index (κ2) is 12.2. The molecule has 0 aromatic rings. The van der Waals surface area contributed by atoms with Gasteiger partial charge in [-0.1, -0.05) is 13.5 Å². The zero-order valence-corrected chi connectivity index (χ0v) is 7.29. The fraction of sp³-hybridized carbons (Fsp3) is 0.750. The van der Waals surface area contributed by atoms with Gasteiger partial charge in [0.1, 0.15) is 0 Å². The fourth-order valence-electron chi connectivity index (χ4n) is 0.201. The smallest absolute Gasteiger partial charge is 0.0870 e. The Morgan fingerprint density at radius 3 is 2.18 bits per heavy atom. The van der Waals surface area contributed by atoms with Crippen LogP contribution in [0.15, 0.2) is 12.8 Å². The van der Waals surface area contributed by atoms with Gasteiger partial charge in [0.25, 0.3) is 0 Å². The lowest BCUT2D eigenvalue weighted by Gasteiger charge is -1.90. The predicted octanol–water partition coefficient (Wildman–Crippen LogP) is 0.916. The van der Waals surface area contributed by atoms with Crippen molar-refractivity contribution in [1.82, 2.24) is 0 Å². The summed E-state index contributed by atoms with van der Waals surface area (Å²) in [7, 11) is 0. The van der Waals surface area contributed by atoms with Crippen molar-refractivity contribution in [2.24, 2.45) is 0 Å². The third kappa shape index (κ3) is 26.5. The van der Waals surface area contributed by atoms with E-state index in [4.69, 9.17) is 14.9 Å². The summed E-state index contributed by atoms with van der Waals surface area (Å²) in [5, 5.41) is 16.0. The highest BCUT2D eigenvalue weighted by Crippen LogP contribution is 1.76. The highest BCUT2D eigenvalue weighted by Gasteiger charge is 1.83. The molecule has 11 heavy (non-hydrogen) atoms. The first-order valence-corrected chi connectivity index (χ1v) is 3.70. The highest BCUT2D eigenvalue weighted by atomic mass is 16.5. The Hall–Kier alpha value is -0.540. The third-order valence-corrected chi connectivity index (χ3v) is 0.704. The Balaban J connectivity index is 0. The maximum absolute atomic E-state index is 8.11. The van der Waals surface area contributed by atoms with Gasteiger partial charge in [-0.05, 0) is 13.3 Å². The molecule has 68 valence electrons. The first-order chi connectivity index (χ1) is 5.18. The van der Waals surface area contributed by atoms with Gasteiger partial charge in [-0.25, -0.2) is 0 Å². The van der Waals surface area contributed by atoms with Crippen LogP contribution in [0.3, 0.4) is 0 Å². The minimum Gasteiger partial charge on any atom is -0.502 e. The van der Waals surface area contributed by atoms with Crippen LogP contribution in [0.2, 0.25) is 0 Å². The van der Waals surface area contributed by atoms with Crippen molar-refractivity contribution in [3.63, 3.8) is 0 Å². The van der Waals surface area contributed by atoms with Crippen LogP contribution in [0.4, 0.5) is 0 Å². The second-order valence-electron chi connectivity index (χ2n) is 2.07. The molecule has 0 aliphatic heterocycles. The van der Waals surface area contributed by atoms with E-state index >= 15 is 0 Å². The van der Waals surface area contributed by atoms with Crippen LogP contribution in [0.25, 0.3) is 0 Å². The van der Waals surface area contributed by atoms with Crippen molar-refractivity contribution in [3.8, 4) is 0 Å². The number of rotatable bonds is 4. The fourth-order valence-corrected chi connectivity index (χ4v) is 0.201. The van der Waals surface area contributed by atoms with Gasteiger partial charge in [-0.3, -0.25) is 0 Å². The molecule has 0 amide bonds. The summed E-state index contributed by atoms with van der Waals surface area (Å²) in [5.74, 6) is 0. The van der Waals surface area contributed by atoms with Crippen molar-refractivity contribution < 1.29 is 14.9 Å². The topological polar surface area (TPSA) is 49.7 Å². The lowest BCUT2D eigenvalue weighted by atomic mass is 10.5. The van der Waals surface area contributed by atoms with E-state index in [1.54, 1.807) is 0 Å². The zero-order valence-electron chi connectivity index (χ0n) is 7.29. The minimum absolute atomic E-state index is 0.139. The molecule has 0 fully saturated rings. The molecule has 3 nitrogen and oxygen atoms in total. The van der Waals surface area contributed by atoms with Gasteiger partial charge in [0.05, 0.1) is 25.6 Å². The maximum atomic E-state index is 8.11. The quantitative estimate of drug-likeness (QED) is 0.477. The Kier molecular flexibility index (Phi) is 14.5. The number of aliphatic hydroxyl groups excluding tert-OH is 2. The Morgan fingerprint density at radius 2 is 2.09 bits per heavy atom. The third-order valence-electron chi connectivity index (χ3n) is 0.704. The molecule has 0 aromatic carbocycles. The van der Waals surface area contributed by atoms with Crippen LogP contribution in [0.1, 0.15) is 20.3 Å². The van der Waals surface area contributed by atoms with Crippen molar-refractivity contribution in [3.05, 3.63) is 12.8 Å². The molecular formula is C8H18O3. The molecule has 0 aliphatic rings. The largest absolute Gasteiger partial charge is 0.502 e. The molecule has 2 N–H and O–H groups in total. The van der Waals surface area contributed by atoms with Crippen molar-refractivity contribution in [1.29, 1.82) is 0 Å². The molecule has 0 bridgehead atoms. The minimum atomic E-state index is -0.560. The summed E-state index contributed by atoms with van der Waals surface area (Å²) in [4.78, 5) is 0. The molecule has 0 radical (unpaired) electrons. The van der Waals surface area contributed by atoms with Crippen molar-refractivity contribution in [2.75, 3.05) is 13.2 Å². The predicted molar refractivity (Wildman–Crippen MR) is 45.2 cm³/mol. The second-order valence-corrected chi connectivity index (χ2v) is 2.07. The normalized spacial score (nSPS) is 10.9. The Bertz CT molecular complexity index is 71.7. The molecule has 0 aliphatic carbocycles. The molecular weight excluding hydrogens is 144 g/mol. The Morgan fingerprint density at radius 1 is 1.64 bits per heavy atom. The number of aliphatic hydroxyl groups is 2. The first-order valence-electron chi connectivity index (χ1n) is 3.70. The summed E-state index contributed by atoms with van der Waals surface area (Å²) in [5.41, 5.74) is 0. The van der Waals surface area contributed by atoms with Gasteiger partial charge >= 0.3 is 0 Å². The molecule has 0 heterocycles. The van der Waals surface area contributed by atoms with Crippen LogP contribution in [0, 0.1) is 0 Å². The summed E-state index contributed by atoms with van der Waals surface area (Å²) >= 11 is 0. The average molecular weight is 162 g/mol. The number of hydrogen-bond donors (Lipinski definition) is 2. The molecule has 0 saturated carbocycles. The molecule has 1 unspecified atom stereocenters. The average Bonchev–Trinajstić information content (AvgIpc) is 2.02.